The topological polar surface area (TPSA) is 125 Å². The van der Waals surface area contributed by atoms with E-state index >= 15 is 0 Å². The van der Waals surface area contributed by atoms with Gasteiger partial charge in [0.25, 0.3) is 5.91 Å². The fourth-order valence-corrected chi connectivity index (χ4v) is 4.23. The molecule has 0 fully saturated rings. The number of quaternary nitrogens is 1. The number of amides is 1. The number of aliphatic carboxylic acids is 1. The van der Waals surface area contributed by atoms with Crippen LogP contribution in [-0.2, 0) is 31.2 Å². The Hall–Kier alpha value is -4.00. The minimum atomic E-state index is -5.19. The lowest BCUT2D eigenvalue weighted by molar-refractivity contribution is -0.870. The third-order valence-electron chi connectivity index (χ3n) is 6.14. The van der Waals surface area contributed by atoms with Crippen LogP contribution in [0.5, 0.6) is 0 Å². The summed E-state index contributed by atoms with van der Waals surface area (Å²) in [6.45, 7) is 2.30. The van der Waals surface area contributed by atoms with Gasteiger partial charge in [0.2, 0.25) is 5.95 Å². The van der Waals surface area contributed by atoms with Gasteiger partial charge in [-0.2, -0.15) is 18.3 Å². The summed E-state index contributed by atoms with van der Waals surface area (Å²) in [5, 5.41) is 19.8. The molecule has 2 heterocycles. The van der Waals surface area contributed by atoms with Crippen LogP contribution in [0.1, 0.15) is 40.0 Å². The molecule has 40 heavy (non-hydrogen) atoms. The van der Waals surface area contributed by atoms with Crippen LogP contribution in [0.4, 0.5) is 19.1 Å². The Labute approximate surface area is 230 Å². The summed E-state index contributed by atoms with van der Waals surface area (Å²) in [5.74, 6) is -2.53. The van der Waals surface area contributed by atoms with E-state index in [-0.39, 0.29) is 5.91 Å². The number of nitrogens with one attached hydrogen (secondary N) is 2. The van der Waals surface area contributed by atoms with Crippen molar-refractivity contribution in [3.8, 4) is 11.4 Å². The highest BCUT2D eigenvalue weighted by Crippen LogP contribution is 2.33. The molecule has 0 aliphatic heterocycles. The monoisotopic (exact) mass is 561 g/mol. The fraction of sp³-hybridized carbons (Fsp3) is 0.444. The van der Waals surface area contributed by atoms with Crippen LogP contribution in [0.15, 0.2) is 36.5 Å². The summed E-state index contributed by atoms with van der Waals surface area (Å²) in [6.07, 6.45) is 0.258. The van der Waals surface area contributed by atoms with Gasteiger partial charge >= 0.3 is 6.18 Å². The number of anilines is 1. The molecule has 1 aromatic carbocycles. The fourth-order valence-electron chi connectivity index (χ4n) is 4.23. The van der Waals surface area contributed by atoms with Crippen molar-refractivity contribution >= 4 is 17.8 Å². The summed E-state index contributed by atoms with van der Waals surface area (Å²) in [7, 11) is 8.36. The number of alkyl halides is 3. The summed E-state index contributed by atoms with van der Waals surface area (Å²) < 4.78 is 34.2. The zero-order valence-electron chi connectivity index (χ0n) is 23.0. The van der Waals surface area contributed by atoms with Crippen molar-refractivity contribution in [3.63, 3.8) is 0 Å². The highest BCUT2D eigenvalue weighted by molar-refractivity contribution is 5.95. The standard InChI is InChI=1S/C25H33N7O.C2HF3O2/c1-31-23-20(22(30-31)24(33)26-14-9-15-32(2,3)4)13-8-12-19-17-28-25(29-21(19)23)27-16-18-10-6-5-7-11-18;3-2(4,5)1(6)7/h5-7,10-11,17H,8-9,12-16H2,1-4H3,(H-,26,27,28,29,33);(H,6,7). The number of hydrogen-bond acceptors (Lipinski definition) is 7. The Morgan fingerprint density at radius 2 is 1.80 bits per heavy atom. The molecule has 216 valence electrons. The molecule has 3 aromatic rings. The number of carbonyl (C=O) groups excluding carboxylic acids is 2. The van der Waals surface area contributed by atoms with Crippen molar-refractivity contribution in [2.24, 2.45) is 7.05 Å². The zero-order valence-corrected chi connectivity index (χ0v) is 23.0. The number of halogens is 3. The molecule has 4 rings (SSSR count). The van der Waals surface area contributed by atoms with Crippen LogP contribution in [0, 0.1) is 0 Å². The third kappa shape index (κ3) is 8.50. The highest BCUT2D eigenvalue weighted by Gasteiger charge is 2.29. The van der Waals surface area contributed by atoms with Gasteiger partial charge in [-0.3, -0.25) is 9.48 Å². The van der Waals surface area contributed by atoms with Gasteiger partial charge in [0, 0.05) is 38.3 Å². The number of aryl methyl sites for hydroxylation is 2. The predicted octanol–water partition coefficient (Wildman–Crippen LogP) is 2.10. The van der Waals surface area contributed by atoms with Crippen LogP contribution in [0.2, 0.25) is 0 Å². The first-order valence-electron chi connectivity index (χ1n) is 12.8. The SMILES string of the molecule is Cn1nc(C(=O)NCCC[N+](C)(C)C)c2c1-c1nc(NCc3ccccc3)ncc1CCC2.O=C([O-])C(F)(F)F. The van der Waals surface area contributed by atoms with E-state index in [9.17, 15) is 18.0 Å². The molecule has 0 spiro atoms. The van der Waals surface area contributed by atoms with Crippen LogP contribution < -0.4 is 15.7 Å². The Morgan fingerprint density at radius 3 is 2.42 bits per heavy atom. The van der Waals surface area contributed by atoms with Gasteiger partial charge in [0.15, 0.2) is 5.69 Å². The third-order valence-corrected chi connectivity index (χ3v) is 6.14. The molecule has 0 bridgehead atoms. The first-order chi connectivity index (χ1) is 18.8. The van der Waals surface area contributed by atoms with E-state index in [2.05, 4.69) is 54.0 Å². The average molecular weight is 562 g/mol. The van der Waals surface area contributed by atoms with Crippen LogP contribution >= 0.6 is 0 Å². The second-order valence-electron chi connectivity index (χ2n) is 10.5. The molecular formula is C27H34F3N7O3. The van der Waals surface area contributed by atoms with Gasteiger partial charge < -0.3 is 25.0 Å². The van der Waals surface area contributed by atoms with Crippen LogP contribution in [0.25, 0.3) is 11.4 Å². The van der Waals surface area contributed by atoms with E-state index in [1.807, 2.05) is 31.4 Å². The lowest BCUT2D eigenvalue weighted by Gasteiger charge is -2.23. The second-order valence-corrected chi connectivity index (χ2v) is 10.5. The van der Waals surface area contributed by atoms with Crippen LogP contribution in [0.3, 0.4) is 0 Å². The first kappa shape index (κ1) is 30.5. The molecule has 0 atom stereocenters. The maximum absolute atomic E-state index is 13.0. The van der Waals surface area contributed by atoms with E-state index < -0.39 is 12.1 Å². The molecular weight excluding hydrogens is 527 g/mol. The maximum Gasteiger partial charge on any atom is 0.430 e. The largest absolute Gasteiger partial charge is 0.542 e. The molecule has 0 saturated carbocycles. The number of hydrogen-bond donors (Lipinski definition) is 2. The lowest BCUT2D eigenvalue weighted by atomic mass is 10.1. The Morgan fingerprint density at radius 1 is 1.12 bits per heavy atom. The summed E-state index contributed by atoms with van der Waals surface area (Å²) in [4.78, 5) is 31.1. The van der Waals surface area contributed by atoms with Crippen molar-refractivity contribution in [1.29, 1.82) is 0 Å². The molecule has 2 N–H and O–H groups in total. The number of nitrogens with zero attached hydrogens (tertiary/aromatic N) is 5. The maximum atomic E-state index is 13.0. The zero-order chi connectivity index (χ0) is 29.5. The number of fused-ring (bicyclic) bond motifs is 3. The molecule has 1 aliphatic carbocycles. The van der Waals surface area contributed by atoms with Crippen molar-refractivity contribution in [2.45, 2.75) is 38.4 Å². The van der Waals surface area contributed by atoms with Crippen molar-refractivity contribution < 1.29 is 32.3 Å². The van der Waals surface area contributed by atoms with E-state index in [1.165, 1.54) is 5.56 Å². The molecule has 0 unspecified atom stereocenters. The predicted molar refractivity (Wildman–Crippen MR) is 141 cm³/mol. The number of carboxylic acids is 1. The van der Waals surface area contributed by atoms with Crippen molar-refractivity contribution in [2.75, 3.05) is 39.5 Å². The normalized spacial score (nSPS) is 12.8. The quantitative estimate of drug-likeness (QED) is 0.319. The minimum Gasteiger partial charge on any atom is -0.542 e. The van der Waals surface area contributed by atoms with E-state index in [0.29, 0.717) is 24.7 Å². The second kappa shape index (κ2) is 12.9. The first-order valence-corrected chi connectivity index (χ1v) is 12.8. The smallest absolute Gasteiger partial charge is 0.430 e. The Balaban J connectivity index is 0.000000559. The Kier molecular flexibility index (Phi) is 9.85. The Bertz CT molecular complexity index is 1320. The lowest BCUT2D eigenvalue weighted by Crippen LogP contribution is -2.37. The van der Waals surface area contributed by atoms with Gasteiger partial charge in [0.1, 0.15) is 5.97 Å². The molecule has 2 aromatic heterocycles. The number of carbonyl (C=O) groups is 2. The summed E-state index contributed by atoms with van der Waals surface area (Å²) in [5.41, 5.74) is 5.55. The number of carboxylic acid groups (broad SMARTS) is 1. The molecule has 1 amide bonds. The van der Waals surface area contributed by atoms with Gasteiger partial charge in [0.05, 0.1) is 39.1 Å². The van der Waals surface area contributed by atoms with Gasteiger partial charge in [-0.15, -0.1) is 0 Å². The van der Waals surface area contributed by atoms with Gasteiger partial charge in [-0.1, -0.05) is 30.3 Å². The minimum absolute atomic E-state index is 0.104. The van der Waals surface area contributed by atoms with Crippen molar-refractivity contribution in [1.82, 2.24) is 25.1 Å². The van der Waals surface area contributed by atoms with E-state index in [1.54, 1.807) is 4.68 Å². The number of aromatic nitrogens is 4. The molecule has 0 saturated heterocycles. The highest BCUT2D eigenvalue weighted by atomic mass is 19.4. The molecule has 1 aliphatic rings. The van der Waals surface area contributed by atoms with Gasteiger partial charge in [-0.25, -0.2) is 9.97 Å². The molecule has 13 heteroatoms. The van der Waals surface area contributed by atoms with E-state index in [0.717, 1.165) is 59.2 Å². The number of benzene rings is 1. The molecule has 10 nitrogen and oxygen atoms in total. The molecule has 0 radical (unpaired) electrons. The van der Waals surface area contributed by atoms with Gasteiger partial charge in [-0.05, 0) is 30.4 Å². The number of rotatable bonds is 8. The summed E-state index contributed by atoms with van der Waals surface area (Å²) in [6, 6.07) is 10.2. The summed E-state index contributed by atoms with van der Waals surface area (Å²) >= 11 is 0. The van der Waals surface area contributed by atoms with Crippen molar-refractivity contribution in [3.05, 3.63) is 58.9 Å². The van der Waals surface area contributed by atoms with Crippen LogP contribution in [-0.4, -0.2) is 76.5 Å². The average Bonchev–Trinajstić information content (AvgIpc) is 3.09. The van der Waals surface area contributed by atoms with E-state index in [4.69, 9.17) is 14.9 Å².